The van der Waals surface area contributed by atoms with Crippen molar-refractivity contribution in [3.8, 4) is 0 Å². The van der Waals surface area contributed by atoms with Crippen molar-refractivity contribution in [2.75, 3.05) is 19.6 Å². The molecule has 2 rings (SSSR count). The highest BCUT2D eigenvalue weighted by atomic mass is 32.1. The first kappa shape index (κ1) is 15.3. The van der Waals surface area contributed by atoms with E-state index in [9.17, 15) is 4.79 Å². The monoisotopic (exact) mass is 296 g/mol. The standard InChI is InChI=1S/C14H24N4OS/c1-11-10-20-13(17-11)9-16-14(19)15-6-8-18-7-4-3-5-12(18)2/h10,12H,3-9H2,1-2H3,(H2,15,16,19)/t12-/m1/s1. The molecule has 0 radical (unpaired) electrons. The van der Waals surface area contributed by atoms with Gasteiger partial charge in [0.2, 0.25) is 0 Å². The summed E-state index contributed by atoms with van der Waals surface area (Å²) >= 11 is 1.58. The lowest BCUT2D eigenvalue weighted by atomic mass is 10.0. The molecule has 2 heterocycles. The van der Waals surface area contributed by atoms with Gasteiger partial charge in [-0.15, -0.1) is 11.3 Å². The topological polar surface area (TPSA) is 57.3 Å². The van der Waals surface area contributed by atoms with Gasteiger partial charge in [0.1, 0.15) is 5.01 Å². The third-order valence-electron chi connectivity index (χ3n) is 3.69. The molecule has 1 aliphatic rings. The molecule has 20 heavy (non-hydrogen) atoms. The number of thiazole rings is 1. The third-order valence-corrected chi connectivity index (χ3v) is 4.66. The first-order chi connectivity index (χ1) is 9.65. The fraction of sp³-hybridized carbons (Fsp3) is 0.714. The smallest absolute Gasteiger partial charge is 0.315 e. The molecule has 1 saturated heterocycles. The highest BCUT2D eigenvalue weighted by Gasteiger charge is 2.17. The van der Waals surface area contributed by atoms with Crippen LogP contribution in [0.2, 0.25) is 0 Å². The number of aryl methyl sites for hydroxylation is 1. The number of carbonyl (C=O) groups is 1. The first-order valence-electron chi connectivity index (χ1n) is 7.32. The van der Waals surface area contributed by atoms with Crippen LogP contribution in [-0.4, -0.2) is 41.6 Å². The molecular formula is C14H24N4OS. The van der Waals surface area contributed by atoms with Crippen LogP contribution < -0.4 is 10.6 Å². The van der Waals surface area contributed by atoms with Gasteiger partial charge in [-0.2, -0.15) is 0 Å². The fourth-order valence-electron chi connectivity index (χ4n) is 2.51. The minimum absolute atomic E-state index is 0.109. The van der Waals surface area contributed by atoms with Gasteiger partial charge >= 0.3 is 6.03 Å². The van der Waals surface area contributed by atoms with E-state index in [4.69, 9.17) is 0 Å². The van der Waals surface area contributed by atoms with E-state index in [2.05, 4.69) is 27.4 Å². The number of rotatable bonds is 5. The van der Waals surface area contributed by atoms with Crippen molar-refractivity contribution >= 4 is 17.4 Å². The number of likely N-dealkylation sites (tertiary alicyclic amines) is 1. The molecular weight excluding hydrogens is 272 g/mol. The maximum atomic E-state index is 11.7. The highest BCUT2D eigenvalue weighted by molar-refractivity contribution is 7.09. The van der Waals surface area contributed by atoms with Gasteiger partial charge in [-0.25, -0.2) is 9.78 Å². The van der Waals surface area contributed by atoms with Crippen LogP contribution in [0.1, 0.15) is 36.9 Å². The Hall–Kier alpha value is -1.14. The molecule has 0 aromatic carbocycles. The van der Waals surface area contributed by atoms with E-state index in [1.807, 2.05) is 12.3 Å². The number of piperidine rings is 1. The molecule has 0 saturated carbocycles. The number of amides is 2. The fourth-order valence-corrected chi connectivity index (χ4v) is 3.22. The number of nitrogens with zero attached hydrogens (tertiary/aromatic N) is 2. The normalized spacial score (nSPS) is 19.8. The highest BCUT2D eigenvalue weighted by Crippen LogP contribution is 2.15. The Labute approximate surface area is 124 Å². The largest absolute Gasteiger partial charge is 0.337 e. The zero-order valence-electron chi connectivity index (χ0n) is 12.3. The Kier molecular flexibility index (Phi) is 5.79. The maximum Gasteiger partial charge on any atom is 0.315 e. The molecule has 112 valence electrons. The van der Waals surface area contributed by atoms with E-state index in [0.717, 1.165) is 23.8 Å². The Morgan fingerprint density at radius 3 is 3.05 bits per heavy atom. The Bertz CT molecular complexity index is 435. The summed E-state index contributed by atoms with van der Waals surface area (Å²) in [5.74, 6) is 0. The summed E-state index contributed by atoms with van der Waals surface area (Å²) in [6, 6.07) is 0.537. The number of hydrogen-bond donors (Lipinski definition) is 2. The van der Waals surface area contributed by atoms with Crippen molar-refractivity contribution in [2.24, 2.45) is 0 Å². The van der Waals surface area contributed by atoms with Gasteiger partial charge in [-0.05, 0) is 33.2 Å². The van der Waals surface area contributed by atoms with Crippen molar-refractivity contribution in [3.05, 3.63) is 16.1 Å². The van der Waals surface area contributed by atoms with Crippen molar-refractivity contribution in [3.63, 3.8) is 0 Å². The van der Waals surface area contributed by atoms with E-state index in [-0.39, 0.29) is 6.03 Å². The lowest BCUT2D eigenvalue weighted by molar-refractivity contribution is 0.161. The Morgan fingerprint density at radius 1 is 1.50 bits per heavy atom. The second-order valence-electron chi connectivity index (χ2n) is 5.37. The van der Waals surface area contributed by atoms with Crippen LogP contribution in [0.4, 0.5) is 4.79 Å². The van der Waals surface area contributed by atoms with E-state index in [1.54, 1.807) is 11.3 Å². The summed E-state index contributed by atoms with van der Waals surface area (Å²) in [5.41, 5.74) is 1.01. The molecule has 2 amide bonds. The number of carbonyl (C=O) groups excluding carboxylic acids is 1. The number of urea groups is 1. The maximum absolute atomic E-state index is 11.7. The minimum atomic E-state index is -0.109. The summed E-state index contributed by atoms with van der Waals surface area (Å²) in [6.45, 7) is 7.52. The second-order valence-corrected chi connectivity index (χ2v) is 6.32. The number of aromatic nitrogens is 1. The van der Waals surface area contributed by atoms with Gasteiger partial charge in [0.05, 0.1) is 6.54 Å². The van der Waals surface area contributed by atoms with E-state index in [0.29, 0.717) is 19.1 Å². The molecule has 1 aliphatic heterocycles. The van der Waals surface area contributed by atoms with Crippen LogP contribution in [0.5, 0.6) is 0 Å². The van der Waals surface area contributed by atoms with E-state index < -0.39 is 0 Å². The summed E-state index contributed by atoms with van der Waals surface area (Å²) in [4.78, 5) is 18.4. The van der Waals surface area contributed by atoms with Crippen LogP contribution >= 0.6 is 11.3 Å². The zero-order valence-corrected chi connectivity index (χ0v) is 13.1. The molecule has 1 aromatic rings. The third kappa shape index (κ3) is 4.76. The van der Waals surface area contributed by atoms with Crippen molar-refractivity contribution in [2.45, 2.75) is 45.7 Å². The lowest BCUT2D eigenvalue weighted by Crippen LogP contribution is -2.44. The number of hydrogen-bond acceptors (Lipinski definition) is 4. The predicted octanol–water partition coefficient (Wildman–Crippen LogP) is 2.13. The average molecular weight is 296 g/mol. The summed E-state index contributed by atoms with van der Waals surface area (Å²) in [5, 5.41) is 8.69. The second kappa shape index (κ2) is 7.59. The molecule has 2 N–H and O–H groups in total. The van der Waals surface area contributed by atoms with Crippen LogP contribution in [0.15, 0.2) is 5.38 Å². The molecule has 1 fully saturated rings. The Morgan fingerprint density at radius 2 is 2.35 bits per heavy atom. The molecule has 5 nitrogen and oxygen atoms in total. The predicted molar refractivity (Wildman–Crippen MR) is 82.0 cm³/mol. The quantitative estimate of drug-likeness (QED) is 0.875. The number of nitrogens with one attached hydrogen (secondary N) is 2. The molecule has 1 aromatic heterocycles. The summed E-state index contributed by atoms with van der Waals surface area (Å²) < 4.78 is 0. The van der Waals surface area contributed by atoms with Crippen LogP contribution in [-0.2, 0) is 6.54 Å². The van der Waals surface area contributed by atoms with E-state index in [1.165, 1.54) is 19.3 Å². The molecule has 0 spiro atoms. The SMILES string of the molecule is Cc1csc(CNC(=O)NCCN2CCCC[C@H]2C)n1. The average Bonchev–Trinajstić information content (AvgIpc) is 2.84. The van der Waals surface area contributed by atoms with Gasteiger partial charge in [0.25, 0.3) is 0 Å². The van der Waals surface area contributed by atoms with Crippen LogP contribution in [0, 0.1) is 6.92 Å². The van der Waals surface area contributed by atoms with Crippen molar-refractivity contribution in [1.29, 1.82) is 0 Å². The van der Waals surface area contributed by atoms with Gasteiger partial charge in [0.15, 0.2) is 0 Å². The van der Waals surface area contributed by atoms with Crippen molar-refractivity contribution in [1.82, 2.24) is 20.5 Å². The van der Waals surface area contributed by atoms with Gasteiger partial charge in [-0.1, -0.05) is 6.42 Å². The summed E-state index contributed by atoms with van der Waals surface area (Å²) in [7, 11) is 0. The van der Waals surface area contributed by atoms with Crippen LogP contribution in [0.25, 0.3) is 0 Å². The molecule has 0 bridgehead atoms. The van der Waals surface area contributed by atoms with E-state index >= 15 is 0 Å². The molecule has 1 atom stereocenters. The molecule has 6 heteroatoms. The van der Waals surface area contributed by atoms with Gasteiger partial charge < -0.3 is 10.6 Å². The van der Waals surface area contributed by atoms with Gasteiger partial charge in [0, 0.05) is 30.2 Å². The minimum Gasteiger partial charge on any atom is -0.337 e. The molecule has 0 unspecified atom stereocenters. The summed E-state index contributed by atoms with van der Waals surface area (Å²) in [6.07, 6.45) is 3.88. The zero-order chi connectivity index (χ0) is 14.4. The molecule has 0 aliphatic carbocycles. The van der Waals surface area contributed by atoms with Crippen molar-refractivity contribution < 1.29 is 4.79 Å². The van der Waals surface area contributed by atoms with Gasteiger partial charge in [-0.3, -0.25) is 4.90 Å². The first-order valence-corrected chi connectivity index (χ1v) is 8.20. The Balaban J connectivity index is 1.60. The van der Waals surface area contributed by atoms with Crippen LogP contribution in [0.3, 0.4) is 0 Å². The lowest BCUT2D eigenvalue weighted by Gasteiger charge is -2.33.